The molecule has 2 aromatic heterocycles. The topological polar surface area (TPSA) is 9.86 Å². The third-order valence-electron chi connectivity index (χ3n) is 13.7. The number of nitrogens with zero attached hydrogens (tertiary/aromatic N) is 2. The lowest BCUT2D eigenvalue weighted by molar-refractivity contribution is 1.18. The van der Waals surface area contributed by atoms with Crippen LogP contribution in [0.3, 0.4) is 0 Å². The fourth-order valence-corrected chi connectivity index (χ4v) is 11.1. The van der Waals surface area contributed by atoms with Gasteiger partial charge in [-0.2, -0.15) is 0 Å². The maximum atomic E-state index is 2.51. The van der Waals surface area contributed by atoms with Crippen molar-refractivity contribution in [2.75, 3.05) is 0 Å². The van der Waals surface area contributed by atoms with E-state index in [2.05, 4.69) is 228 Å². The van der Waals surface area contributed by atoms with Crippen LogP contribution in [0.1, 0.15) is 0 Å². The summed E-state index contributed by atoms with van der Waals surface area (Å²) in [6.45, 7) is 0. The SMILES string of the molecule is c1ccc2c(c1)-c1cc3c4ccccc4c4ccccc4c3cc1-c1cc(-n3c4ccccc4c4ccccc43)ccc1-c1cccc(-n3c4ccccc4c4ccccc43)c1-2. The Morgan fingerprint density at radius 1 is 0.210 bits per heavy atom. The van der Waals surface area contributed by atoms with E-state index in [1.54, 1.807) is 0 Å². The Morgan fingerprint density at radius 2 is 0.581 bits per heavy atom. The molecule has 0 aliphatic heterocycles. The van der Waals surface area contributed by atoms with Gasteiger partial charge >= 0.3 is 0 Å². The normalized spacial score (nSPS) is 12.2. The molecule has 0 fully saturated rings. The Kier molecular flexibility index (Phi) is 6.86. The second-order valence-electron chi connectivity index (χ2n) is 16.7. The Morgan fingerprint density at radius 3 is 1.11 bits per heavy atom. The van der Waals surface area contributed by atoms with Crippen LogP contribution in [-0.2, 0) is 0 Å². The summed E-state index contributed by atoms with van der Waals surface area (Å²) in [7, 11) is 0. The summed E-state index contributed by atoms with van der Waals surface area (Å²) < 4.78 is 4.95. The van der Waals surface area contributed by atoms with Crippen LogP contribution in [0.25, 0.3) is 132 Å². The van der Waals surface area contributed by atoms with Gasteiger partial charge in [0.25, 0.3) is 0 Å². The minimum absolute atomic E-state index is 1.14. The summed E-state index contributed by atoms with van der Waals surface area (Å²) in [6, 6.07) is 81.5. The highest BCUT2D eigenvalue weighted by molar-refractivity contribution is 6.27. The summed E-state index contributed by atoms with van der Waals surface area (Å²) >= 11 is 0. The second kappa shape index (κ2) is 12.7. The van der Waals surface area contributed by atoms with Crippen molar-refractivity contribution >= 4 is 75.9 Å². The molecule has 14 rings (SSSR count). The first-order valence-corrected chi connectivity index (χ1v) is 21.5. The molecule has 0 N–H and O–H groups in total. The van der Waals surface area contributed by atoms with Gasteiger partial charge in [0.05, 0.1) is 27.8 Å². The van der Waals surface area contributed by atoms with E-state index < -0.39 is 0 Å². The van der Waals surface area contributed by atoms with Crippen molar-refractivity contribution in [1.29, 1.82) is 0 Å². The van der Waals surface area contributed by atoms with E-state index in [9.17, 15) is 0 Å². The first-order valence-electron chi connectivity index (χ1n) is 21.5. The number of benzene rings is 11. The molecule has 0 saturated heterocycles. The summed E-state index contributed by atoms with van der Waals surface area (Å²) in [5.74, 6) is 0. The summed E-state index contributed by atoms with van der Waals surface area (Å²) in [6.07, 6.45) is 0. The Labute approximate surface area is 357 Å². The molecule has 1 aliphatic carbocycles. The third-order valence-corrected chi connectivity index (χ3v) is 13.7. The van der Waals surface area contributed by atoms with Crippen LogP contribution in [0.2, 0.25) is 0 Å². The molecule has 0 unspecified atom stereocenters. The number of hydrogen-bond acceptors (Lipinski definition) is 0. The average molecular weight is 785 g/mol. The van der Waals surface area contributed by atoms with Crippen molar-refractivity contribution in [1.82, 2.24) is 9.13 Å². The standard InChI is InChI=1S/C60H36N2/c1-3-18-40-38(16-1)39-17-2-4-19-41(39)52-36-54-50-34-37(61-55-27-11-7-21-44(55)45-22-8-12-28-56(45)61)32-33-43(50)49-26-15-31-59(60(49)48-25-6-5-20-42(48)53(54)35-51(40)52)62-57-29-13-9-23-46(57)47-24-10-14-30-58(47)62/h1-36H. The zero-order valence-corrected chi connectivity index (χ0v) is 33.7. The molecule has 2 heterocycles. The Balaban J connectivity index is 1.17. The number of aromatic nitrogens is 2. The highest BCUT2D eigenvalue weighted by atomic mass is 15.0. The third kappa shape index (κ3) is 4.53. The summed E-state index contributed by atoms with van der Waals surface area (Å²) in [4.78, 5) is 0. The van der Waals surface area contributed by atoms with E-state index in [0.717, 1.165) is 5.69 Å². The molecule has 0 amide bonds. The van der Waals surface area contributed by atoms with Gasteiger partial charge in [-0.25, -0.2) is 0 Å². The molecule has 2 heteroatoms. The lowest BCUT2D eigenvalue weighted by Crippen LogP contribution is -2.04. The predicted octanol–water partition coefficient (Wildman–Crippen LogP) is 16.3. The molecule has 0 radical (unpaired) electrons. The molecular formula is C60H36N2. The Bertz CT molecular complexity index is 3940. The molecule has 286 valence electrons. The van der Waals surface area contributed by atoms with Gasteiger partial charge in [-0.3, -0.25) is 0 Å². The van der Waals surface area contributed by atoms with Gasteiger partial charge < -0.3 is 9.13 Å². The number of hydrogen-bond donors (Lipinski definition) is 0. The van der Waals surface area contributed by atoms with Crippen LogP contribution >= 0.6 is 0 Å². The minimum Gasteiger partial charge on any atom is -0.309 e. The van der Waals surface area contributed by atoms with Gasteiger partial charge in [-0.1, -0.05) is 164 Å². The van der Waals surface area contributed by atoms with Crippen LogP contribution in [0.5, 0.6) is 0 Å². The first-order chi connectivity index (χ1) is 30.8. The van der Waals surface area contributed by atoms with E-state index in [1.807, 2.05) is 0 Å². The molecule has 0 spiro atoms. The van der Waals surface area contributed by atoms with E-state index >= 15 is 0 Å². The summed E-state index contributed by atoms with van der Waals surface area (Å²) in [5, 5.41) is 12.7. The zero-order valence-electron chi connectivity index (χ0n) is 33.7. The molecule has 62 heavy (non-hydrogen) atoms. The van der Waals surface area contributed by atoms with Gasteiger partial charge in [0.2, 0.25) is 0 Å². The van der Waals surface area contributed by atoms with Crippen molar-refractivity contribution in [2.24, 2.45) is 0 Å². The van der Waals surface area contributed by atoms with E-state index in [1.165, 1.54) is 126 Å². The van der Waals surface area contributed by atoms with Crippen LogP contribution in [0, 0.1) is 0 Å². The van der Waals surface area contributed by atoms with E-state index in [-0.39, 0.29) is 0 Å². The lowest BCUT2D eigenvalue weighted by Gasteiger charge is -2.27. The van der Waals surface area contributed by atoms with Crippen LogP contribution in [0.15, 0.2) is 218 Å². The first kappa shape index (κ1) is 33.6. The fraction of sp³-hybridized carbons (Fsp3) is 0. The highest BCUT2D eigenvalue weighted by Gasteiger charge is 2.27. The van der Waals surface area contributed by atoms with E-state index in [0.29, 0.717) is 0 Å². The quantitative estimate of drug-likeness (QED) is 0.155. The number of fused-ring (bicyclic) bond motifs is 20. The van der Waals surface area contributed by atoms with Crippen LogP contribution < -0.4 is 0 Å². The van der Waals surface area contributed by atoms with Crippen molar-refractivity contribution in [3.8, 4) is 55.9 Å². The van der Waals surface area contributed by atoms with Crippen molar-refractivity contribution in [3.63, 3.8) is 0 Å². The molecule has 11 aromatic carbocycles. The summed E-state index contributed by atoms with van der Waals surface area (Å²) in [5.41, 5.74) is 16.9. The highest BCUT2D eigenvalue weighted by Crippen LogP contribution is 2.53. The van der Waals surface area contributed by atoms with Crippen LogP contribution in [0.4, 0.5) is 0 Å². The molecular weight excluding hydrogens is 749 g/mol. The molecule has 0 atom stereocenters. The number of rotatable bonds is 2. The molecule has 13 aromatic rings. The van der Waals surface area contributed by atoms with Gasteiger partial charge in [0, 0.05) is 32.8 Å². The number of para-hydroxylation sites is 4. The minimum atomic E-state index is 1.14. The van der Waals surface area contributed by atoms with Crippen molar-refractivity contribution in [3.05, 3.63) is 218 Å². The van der Waals surface area contributed by atoms with Gasteiger partial charge in [-0.05, 0) is 126 Å². The van der Waals surface area contributed by atoms with Gasteiger partial charge in [0.15, 0.2) is 0 Å². The average Bonchev–Trinajstić information content (AvgIpc) is 3.86. The maximum Gasteiger partial charge on any atom is 0.0547 e. The maximum absolute atomic E-state index is 2.51. The predicted molar refractivity (Wildman–Crippen MR) is 263 cm³/mol. The molecule has 1 aliphatic rings. The van der Waals surface area contributed by atoms with Crippen molar-refractivity contribution in [2.45, 2.75) is 0 Å². The van der Waals surface area contributed by atoms with Gasteiger partial charge in [0.1, 0.15) is 0 Å². The fourth-order valence-electron chi connectivity index (χ4n) is 11.1. The second-order valence-corrected chi connectivity index (χ2v) is 16.7. The zero-order chi connectivity index (χ0) is 40.5. The molecule has 0 bridgehead atoms. The monoisotopic (exact) mass is 784 g/mol. The van der Waals surface area contributed by atoms with Crippen LogP contribution in [-0.4, -0.2) is 9.13 Å². The largest absolute Gasteiger partial charge is 0.309 e. The smallest absolute Gasteiger partial charge is 0.0547 e. The Hall–Kier alpha value is -8.20. The lowest BCUT2D eigenvalue weighted by atomic mass is 9.78. The molecule has 0 saturated carbocycles. The van der Waals surface area contributed by atoms with Crippen molar-refractivity contribution < 1.29 is 0 Å². The van der Waals surface area contributed by atoms with E-state index in [4.69, 9.17) is 0 Å². The van der Waals surface area contributed by atoms with Gasteiger partial charge in [-0.15, -0.1) is 0 Å². The molecule has 2 nitrogen and oxygen atoms in total.